The van der Waals surface area contributed by atoms with Gasteiger partial charge in [-0.3, -0.25) is 9.59 Å². The van der Waals surface area contributed by atoms with Gasteiger partial charge in [0.05, 0.1) is 5.75 Å². The van der Waals surface area contributed by atoms with Crippen LogP contribution in [-0.2, 0) is 13.8 Å². The number of rotatable bonds is 4. The van der Waals surface area contributed by atoms with E-state index in [-0.39, 0.29) is 11.3 Å². The van der Waals surface area contributed by atoms with Gasteiger partial charge in [0.15, 0.2) is 6.10 Å². The van der Waals surface area contributed by atoms with Gasteiger partial charge in [-0.05, 0) is 37.7 Å². The Morgan fingerprint density at radius 1 is 1.38 bits per heavy atom. The first kappa shape index (κ1) is 18.4. The highest BCUT2D eigenvalue weighted by Crippen LogP contribution is 2.29. The van der Waals surface area contributed by atoms with Crippen LogP contribution in [0.3, 0.4) is 0 Å². The Labute approximate surface area is 135 Å². The summed E-state index contributed by atoms with van der Waals surface area (Å²) in [6.07, 6.45) is -0.162. The lowest BCUT2D eigenvalue weighted by atomic mass is 9.81. The van der Waals surface area contributed by atoms with Crippen molar-refractivity contribution < 1.29 is 13.8 Å². The predicted octanol–water partition coefficient (Wildman–Crippen LogP) is 1.84. The number of carbonyl (C=O) groups excluding carboxylic acids is 2. The van der Waals surface area contributed by atoms with Crippen LogP contribution in [-0.4, -0.2) is 34.1 Å². The Hall–Kier alpha value is -0.660. The van der Waals surface area contributed by atoms with Crippen LogP contribution >= 0.6 is 24.3 Å². The van der Waals surface area contributed by atoms with Crippen LogP contribution in [0.5, 0.6) is 0 Å². The van der Waals surface area contributed by atoms with Gasteiger partial charge >= 0.3 is 0 Å². The summed E-state index contributed by atoms with van der Waals surface area (Å²) in [6, 6.07) is 0. The van der Waals surface area contributed by atoms with E-state index in [0.717, 1.165) is 18.5 Å². The van der Waals surface area contributed by atoms with E-state index < -0.39 is 23.5 Å². The molecule has 120 valence electrons. The zero-order valence-corrected chi connectivity index (χ0v) is 14.8. The van der Waals surface area contributed by atoms with Crippen LogP contribution in [0, 0.1) is 11.3 Å². The first-order chi connectivity index (χ1) is 9.43. The molecule has 2 amide bonds. The largest absolute Gasteiger partial charge is 0.369 e. The second-order valence-electron chi connectivity index (χ2n) is 7.24. The van der Waals surface area contributed by atoms with E-state index in [1.165, 1.54) is 0 Å². The topological polar surface area (TPSA) is 81.4 Å². The minimum Gasteiger partial charge on any atom is -0.369 e. The second-order valence-corrected chi connectivity index (χ2v) is 8.48. The number of primary amides is 1. The van der Waals surface area contributed by atoms with Gasteiger partial charge in [0.1, 0.15) is 5.92 Å². The molecule has 0 aliphatic carbocycles. The minimum absolute atomic E-state index is 0.0668. The molecule has 0 radical (unpaired) electrons. The Morgan fingerprint density at radius 3 is 2.43 bits per heavy atom. The fourth-order valence-electron chi connectivity index (χ4n) is 2.76. The molecule has 21 heavy (non-hydrogen) atoms. The van der Waals surface area contributed by atoms with Gasteiger partial charge in [-0.15, -0.1) is 0 Å². The second kappa shape index (κ2) is 6.62. The quantitative estimate of drug-likeness (QED) is 0.606. The summed E-state index contributed by atoms with van der Waals surface area (Å²) in [5, 5.41) is 2.94. The van der Waals surface area contributed by atoms with Gasteiger partial charge in [0.25, 0.3) is 5.91 Å². The van der Waals surface area contributed by atoms with Crippen molar-refractivity contribution in [1.29, 1.82) is 0 Å². The summed E-state index contributed by atoms with van der Waals surface area (Å²) in [5.41, 5.74) is 5.01. The SMILES string of the molecule is CC(C)(C)CC(C)(C)NC(=O)C1OSCC(=S)C1C(N)=O. The van der Waals surface area contributed by atoms with Crippen molar-refractivity contribution in [1.82, 2.24) is 5.32 Å². The number of nitrogens with two attached hydrogens (primary N) is 1. The van der Waals surface area contributed by atoms with Crippen molar-refractivity contribution in [3.8, 4) is 0 Å². The third-order valence-corrected chi connectivity index (χ3v) is 4.37. The molecule has 5 nitrogen and oxygen atoms in total. The predicted molar refractivity (Wildman–Crippen MR) is 88.9 cm³/mol. The molecule has 2 unspecified atom stereocenters. The van der Waals surface area contributed by atoms with Gasteiger partial charge < -0.3 is 15.2 Å². The molecule has 0 aromatic heterocycles. The van der Waals surface area contributed by atoms with E-state index in [1.807, 2.05) is 13.8 Å². The summed E-state index contributed by atoms with van der Waals surface area (Å²) >= 11 is 6.24. The number of nitrogens with one attached hydrogen (secondary N) is 1. The van der Waals surface area contributed by atoms with Crippen LogP contribution in [0.1, 0.15) is 41.0 Å². The number of thiocarbonyl (C=S) groups is 1. The highest BCUT2D eigenvalue weighted by Gasteiger charge is 2.41. The van der Waals surface area contributed by atoms with E-state index in [1.54, 1.807) is 0 Å². The van der Waals surface area contributed by atoms with Crippen molar-refractivity contribution in [3.05, 3.63) is 0 Å². The Balaban J connectivity index is 2.82. The summed E-state index contributed by atoms with van der Waals surface area (Å²) in [6.45, 7) is 10.2. The molecular weight excluding hydrogens is 308 g/mol. The van der Waals surface area contributed by atoms with Crippen LogP contribution in [0.15, 0.2) is 0 Å². The molecule has 3 N–H and O–H groups in total. The standard InChI is InChI=1S/C14H24N2O3S2/c1-13(2,3)7-14(4,5)16-12(18)10-9(11(15)17)8(20)6-21-19-10/h9-10H,6-7H2,1-5H3,(H2,15,17)(H,16,18). The van der Waals surface area contributed by atoms with Crippen molar-refractivity contribution in [3.63, 3.8) is 0 Å². The molecule has 7 heteroatoms. The average Bonchev–Trinajstić information content (AvgIpc) is 2.23. The van der Waals surface area contributed by atoms with E-state index in [9.17, 15) is 9.59 Å². The van der Waals surface area contributed by atoms with Crippen molar-refractivity contribution in [2.24, 2.45) is 17.1 Å². The summed E-state index contributed by atoms with van der Waals surface area (Å²) in [4.78, 5) is 24.4. The van der Waals surface area contributed by atoms with Gasteiger partial charge in [-0.2, -0.15) is 0 Å². The van der Waals surface area contributed by atoms with Crippen LogP contribution in [0.4, 0.5) is 0 Å². The van der Waals surface area contributed by atoms with Gasteiger partial charge in [0, 0.05) is 10.4 Å². The number of hydrogen-bond acceptors (Lipinski definition) is 5. The minimum atomic E-state index is -0.951. The monoisotopic (exact) mass is 332 g/mol. The maximum absolute atomic E-state index is 12.4. The molecule has 0 spiro atoms. The van der Waals surface area contributed by atoms with Crippen molar-refractivity contribution >= 4 is 40.9 Å². The number of hydrogen-bond donors (Lipinski definition) is 2. The highest BCUT2D eigenvalue weighted by atomic mass is 32.2. The zero-order chi connectivity index (χ0) is 16.4. The smallest absolute Gasteiger partial charge is 0.252 e. The fourth-order valence-corrected chi connectivity index (χ4v) is 3.85. The molecule has 0 aromatic carbocycles. The number of carbonyl (C=O) groups is 2. The molecule has 1 saturated heterocycles. The average molecular weight is 332 g/mol. The van der Waals surface area contributed by atoms with Crippen LogP contribution < -0.4 is 11.1 Å². The van der Waals surface area contributed by atoms with Gasteiger partial charge in [-0.1, -0.05) is 33.0 Å². The first-order valence-corrected chi connectivity index (χ1v) is 8.17. The normalized spacial score (nSPS) is 23.8. The third kappa shape index (κ3) is 5.56. The lowest BCUT2D eigenvalue weighted by Crippen LogP contribution is -2.55. The van der Waals surface area contributed by atoms with E-state index in [4.69, 9.17) is 22.1 Å². The zero-order valence-electron chi connectivity index (χ0n) is 13.2. The molecule has 1 aliphatic heterocycles. The van der Waals surface area contributed by atoms with E-state index >= 15 is 0 Å². The van der Waals surface area contributed by atoms with Gasteiger partial charge in [-0.25, -0.2) is 0 Å². The van der Waals surface area contributed by atoms with E-state index in [2.05, 4.69) is 26.1 Å². The molecule has 1 rings (SSSR count). The summed E-state index contributed by atoms with van der Waals surface area (Å²) in [7, 11) is 0. The van der Waals surface area contributed by atoms with E-state index in [0.29, 0.717) is 10.6 Å². The van der Waals surface area contributed by atoms with Gasteiger partial charge in [0.2, 0.25) is 5.91 Å². The molecule has 0 aromatic rings. The molecule has 1 aliphatic rings. The molecule has 2 atom stereocenters. The van der Waals surface area contributed by atoms with Crippen LogP contribution in [0.2, 0.25) is 0 Å². The lowest BCUT2D eigenvalue weighted by Gasteiger charge is -2.36. The summed E-state index contributed by atoms with van der Waals surface area (Å²) in [5.74, 6) is -1.40. The Morgan fingerprint density at radius 2 is 1.95 bits per heavy atom. The Bertz CT molecular complexity index is 444. The van der Waals surface area contributed by atoms with Crippen molar-refractivity contribution in [2.75, 3.05) is 5.75 Å². The van der Waals surface area contributed by atoms with Crippen LogP contribution in [0.25, 0.3) is 0 Å². The van der Waals surface area contributed by atoms with Crippen molar-refractivity contribution in [2.45, 2.75) is 52.7 Å². The lowest BCUT2D eigenvalue weighted by molar-refractivity contribution is -0.135. The maximum Gasteiger partial charge on any atom is 0.252 e. The number of amides is 2. The molecule has 0 saturated carbocycles. The summed E-state index contributed by atoms with van der Waals surface area (Å²) < 4.78 is 5.38. The molecule has 1 fully saturated rings. The molecular formula is C14H24N2O3S2. The fraction of sp³-hybridized carbons (Fsp3) is 0.786. The highest BCUT2D eigenvalue weighted by molar-refractivity contribution is 7.97. The molecule has 1 heterocycles. The molecule has 0 bridgehead atoms. The Kier molecular flexibility index (Phi) is 5.80. The third-order valence-electron chi connectivity index (χ3n) is 3.02. The first-order valence-electron chi connectivity index (χ1n) is 6.85. The maximum atomic E-state index is 12.4.